The molecule has 0 radical (unpaired) electrons. The van der Waals surface area contributed by atoms with E-state index >= 15 is 0 Å². The first-order chi connectivity index (χ1) is 42.9. The lowest BCUT2D eigenvalue weighted by atomic mass is 10.0. The number of thiazole rings is 2. The average molecular weight is 1310 g/mol. The molecule has 472 valence electrons. The number of hydrogen-bond acceptors (Lipinski definition) is 25. The second-order valence-corrected chi connectivity index (χ2v) is 27.8. The number of aromatic nitrogens is 9. The predicted molar refractivity (Wildman–Crippen MR) is 328 cm³/mol. The summed E-state index contributed by atoms with van der Waals surface area (Å²) in [6.07, 6.45) is -2.42. The van der Waals surface area contributed by atoms with Crippen LogP contribution in [-0.2, 0) is 29.2 Å². The number of ketones is 1. The third kappa shape index (κ3) is 13.6. The third-order valence-electron chi connectivity index (χ3n) is 15.5. The molecule has 7 aromatic heterocycles. The molecule has 11 rings (SSSR count). The van der Waals surface area contributed by atoms with Gasteiger partial charge in [0, 0.05) is 56.2 Å². The van der Waals surface area contributed by atoms with E-state index in [9.17, 15) is 49.4 Å². The maximum absolute atomic E-state index is 14.1. The van der Waals surface area contributed by atoms with Gasteiger partial charge in [0.05, 0.1) is 77.6 Å². The molecule has 0 aliphatic heterocycles. The van der Waals surface area contributed by atoms with E-state index in [0.29, 0.717) is 57.5 Å². The molecule has 2 fully saturated rings. The molecule has 0 bridgehead atoms. The Morgan fingerprint density at radius 1 is 0.733 bits per heavy atom. The minimum absolute atomic E-state index is 0.00829. The smallest absolute Gasteiger partial charge is 0.447 e. The zero-order chi connectivity index (χ0) is 63.9. The van der Waals surface area contributed by atoms with Gasteiger partial charge < -0.3 is 45.7 Å². The number of anilines is 4. The molecule has 7 atom stereocenters. The molecule has 0 amide bonds. The van der Waals surface area contributed by atoms with E-state index in [0.717, 1.165) is 52.4 Å². The molecule has 31 heteroatoms. The predicted octanol–water partition coefficient (Wildman–Crippen LogP) is 9.23. The average Bonchev–Trinajstić information content (AvgIpc) is 1.57. The van der Waals surface area contributed by atoms with Crippen LogP contribution in [-0.4, -0.2) is 139 Å². The van der Waals surface area contributed by atoms with E-state index < -0.39 is 96.7 Å². The van der Waals surface area contributed by atoms with Gasteiger partial charge in [-0.05, 0) is 114 Å². The number of pyridine rings is 3. The monoisotopic (exact) mass is 1310 g/mol. The summed E-state index contributed by atoms with van der Waals surface area (Å²) in [5.74, 6) is -4.74. The highest BCUT2D eigenvalue weighted by atomic mass is 32.2. The topological polar surface area (TPSA) is 318 Å². The number of halogens is 4. The summed E-state index contributed by atoms with van der Waals surface area (Å²) >= 11 is 2.51. The summed E-state index contributed by atoms with van der Waals surface area (Å²) in [6.45, 7) is 10.0. The molecule has 6 N–H and O–H groups in total. The van der Waals surface area contributed by atoms with Gasteiger partial charge in [-0.2, -0.15) is 9.97 Å². The zero-order valence-electron chi connectivity index (χ0n) is 48.7. The van der Waals surface area contributed by atoms with E-state index in [1.165, 1.54) is 54.2 Å². The number of fused-ring (bicyclic) bond motifs is 2. The van der Waals surface area contributed by atoms with Gasteiger partial charge in [0.15, 0.2) is 25.5 Å². The maximum Gasteiger partial charge on any atom is 0.573 e. The van der Waals surface area contributed by atoms with Crippen LogP contribution in [0, 0.1) is 38.4 Å². The number of alkyl halides is 3. The van der Waals surface area contributed by atoms with Gasteiger partial charge in [0.1, 0.15) is 56.5 Å². The number of carbonyl (C=O) groups excluding carboxylic acids is 1. The molecular formula is C59H59F4N13O10S4. The summed E-state index contributed by atoms with van der Waals surface area (Å²) in [6, 6.07) is 13.8. The Labute approximate surface area is 521 Å². The Bertz CT molecular complexity index is 4370. The lowest BCUT2D eigenvalue weighted by Gasteiger charge is -2.36. The first-order valence-electron chi connectivity index (χ1n) is 28.3. The molecule has 2 aliphatic carbocycles. The fraction of sp³-hybridized carbons (Fsp3) is 0.356. The van der Waals surface area contributed by atoms with Crippen molar-refractivity contribution < 1.29 is 63.6 Å². The molecule has 2 saturated carbocycles. The van der Waals surface area contributed by atoms with Crippen molar-refractivity contribution in [2.45, 2.75) is 100 Å². The van der Waals surface area contributed by atoms with Crippen molar-refractivity contribution in [2.24, 2.45) is 11.8 Å². The van der Waals surface area contributed by atoms with Gasteiger partial charge in [0.2, 0.25) is 23.5 Å². The van der Waals surface area contributed by atoms with E-state index in [2.05, 4.69) is 41.0 Å². The SMILES string of the molecule is CCOCCNc1nc(C)c(-c2nc3c(C)nccc3s2)c(NC2(Oc3nccc4sc(-c5c(C)nc(NC(C)c6ccc(OC(F)(F)F)cc6)nc5NC5CC(CS(=O)(=O)c6ccc(F)cc6)C(O)C5=O)nc34)CCC(CS(=O)(=O)c3ccncc3)C2O)n1. The van der Waals surface area contributed by atoms with Crippen LogP contribution in [0.3, 0.4) is 0 Å². The van der Waals surface area contributed by atoms with Gasteiger partial charge in [-0.1, -0.05) is 12.1 Å². The molecule has 23 nitrogen and oxygen atoms in total. The number of aryl methyl sites for hydroxylation is 3. The molecular weight excluding hydrogens is 1250 g/mol. The standard InChI is InChI=1S/C59H59F4N13O10S4/c1-6-84-26-25-67-56-69-32(4)45(55-72-46-33(5)65-23-18-42(46)87-55)52(75-56)76-58(20-15-35(50(58)79)28-89(80,81)40-16-21-64-22-17-40)86-53-47-43(19-24-66-53)88-54(73-47)44-31(3)70-57(68-30(2)34-7-11-38(12-8-34)85-59(61,62)63)74-51(44)71-41-27-36(48(77)49(41)78)29-90(82,83)39-13-9-37(60)10-14-39/h7-14,16-19,21-24,30,35-36,41,48,50,77,79H,6,15,20,25-29H2,1-5H3,(H2,67,69,75,76)(H2,68,70,71,74). The van der Waals surface area contributed by atoms with E-state index in [-0.39, 0.29) is 80.2 Å². The highest BCUT2D eigenvalue weighted by Gasteiger charge is 2.53. The highest BCUT2D eigenvalue weighted by Crippen LogP contribution is 2.46. The summed E-state index contributed by atoms with van der Waals surface area (Å²) in [4.78, 5) is 56.4. The molecule has 9 aromatic rings. The van der Waals surface area contributed by atoms with E-state index in [1.54, 1.807) is 33.0 Å². The number of aliphatic hydroxyl groups excluding tert-OH is 2. The number of nitrogens with zero attached hydrogens (tertiary/aromatic N) is 9. The summed E-state index contributed by atoms with van der Waals surface area (Å²) in [5.41, 5.74) is 1.61. The third-order valence-corrected chi connectivity index (χ3v) is 21.3. The number of aliphatic hydroxyl groups is 2. The number of nitrogens with one attached hydrogen (secondary N) is 4. The maximum atomic E-state index is 14.1. The van der Waals surface area contributed by atoms with Crippen molar-refractivity contribution in [3.63, 3.8) is 0 Å². The Balaban J connectivity index is 0.988. The molecule has 0 saturated heterocycles. The lowest BCUT2D eigenvalue weighted by Crippen LogP contribution is -2.53. The van der Waals surface area contributed by atoms with Crippen molar-refractivity contribution in [1.29, 1.82) is 0 Å². The van der Waals surface area contributed by atoms with Crippen LogP contribution in [0.15, 0.2) is 107 Å². The largest absolute Gasteiger partial charge is 0.573 e. The Morgan fingerprint density at radius 2 is 1.34 bits per heavy atom. The molecule has 7 unspecified atom stereocenters. The number of Topliss-reactive ketones (excluding diaryl/α,β-unsaturated/α-hetero) is 1. The number of rotatable bonds is 23. The minimum Gasteiger partial charge on any atom is -0.447 e. The number of carbonyl (C=O) groups is 1. The second-order valence-electron chi connectivity index (χ2n) is 21.7. The molecule has 90 heavy (non-hydrogen) atoms. The van der Waals surface area contributed by atoms with Crippen molar-refractivity contribution in [3.8, 4) is 32.8 Å². The Hall–Kier alpha value is -8.20. The minimum atomic E-state index is -4.91. The summed E-state index contributed by atoms with van der Waals surface area (Å²) in [5, 5.41) is 37.9. The van der Waals surface area contributed by atoms with Crippen molar-refractivity contribution in [3.05, 3.63) is 126 Å². The number of sulfone groups is 2. The molecule has 7 heterocycles. The van der Waals surface area contributed by atoms with Crippen molar-refractivity contribution >= 4 is 92.1 Å². The normalized spacial score (nSPS) is 19.9. The lowest BCUT2D eigenvalue weighted by molar-refractivity contribution is -0.274. The van der Waals surface area contributed by atoms with E-state index in [4.69, 9.17) is 39.4 Å². The van der Waals surface area contributed by atoms with Gasteiger partial charge in [-0.3, -0.25) is 14.8 Å². The van der Waals surface area contributed by atoms with Crippen LogP contribution in [0.25, 0.3) is 41.6 Å². The molecule has 0 spiro atoms. The Morgan fingerprint density at radius 3 is 2.01 bits per heavy atom. The fourth-order valence-electron chi connectivity index (χ4n) is 11.0. The number of hydrogen-bond donors (Lipinski definition) is 6. The quantitative estimate of drug-likeness (QED) is 0.0150. The zero-order valence-corrected chi connectivity index (χ0v) is 52.0. The van der Waals surface area contributed by atoms with Crippen LogP contribution in [0.1, 0.15) is 61.8 Å². The second kappa shape index (κ2) is 25.6. The molecule has 2 aromatic carbocycles. The van der Waals surface area contributed by atoms with Crippen LogP contribution in [0.2, 0.25) is 0 Å². The number of benzene rings is 2. The van der Waals surface area contributed by atoms with Crippen molar-refractivity contribution in [1.82, 2.24) is 44.9 Å². The number of ether oxygens (including phenoxy) is 3. The highest BCUT2D eigenvalue weighted by molar-refractivity contribution is 7.91. The van der Waals surface area contributed by atoms with Crippen LogP contribution >= 0.6 is 22.7 Å². The summed E-state index contributed by atoms with van der Waals surface area (Å²) < 4.78 is 126. The summed E-state index contributed by atoms with van der Waals surface area (Å²) in [7, 11) is -8.15. The fourth-order valence-corrected chi connectivity index (χ4v) is 16.4. The van der Waals surface area contributed by atoms with Gasteiger partial charge >= 0.3 is 6.36 Å². The Kier molecular flexibility index (Phi) is 18.0. The van der Waals surface area contributed by atoms with Gasteiger partial charge in [-0.15, -0.1) is 35.8 Å². The van der Waals surface area contributed by atoms with Gasteiger partial charge in [0.25, 0.3) is 0 Å². The first kappa shape index (κ1) is 63.4. The first-order valence-corrected chi connectivity index (χ1v) is 33.3. The van der Waals surface area contributed by atoms with Gasteiger partial charge in [-0.25, -0.2) is 46.1 Å². The van der Waals surface area contributed by atoms with E-state index in [1.807, 2.05) is 19.9 Å². The van der Waals surface area contributed by atoms with Crippen LogP contribution < -0.4 is 30.7 Å². The molecule has 2 aliphatic rings. The van der Waals surface area contributed by atoms with Crippen molar-refractivity contribution in [2.75, 3.05) is 52.5 Å². The van der Waals surface area contributed by atoms with Crippen LogP contribution in [0.4, 0.5) is 41.1 Å². The van der Waals surface area contributed by atoms with Crippen LogP contribution in [0.5, 0.6) is 11.6 Å².